The van der Waals surface area contributed by atoms with Gasteiger partial charge in [-0.25, -0.2) is 0 Å². The van der Waals surface area contributed by atoms with E-state index >= 15 is 0 Å². The zero-order chi connectivity index (χ0) is 18.4. The molecule has 0 heterocycles. The smallest absolute Gasteiger partial charge is 0.0817 e. The van der Waals surface area contributed by atoms with E-state index in [4.69, 9.17) is 0 Å². The van der Waals surface area contributed by atoms with Gasteiger partial charge in [0.1, 0.15) is 0 Å². The van der Waals surface area contributed by atoms with Gasteiger partial charge in [-0.3, -0.25) is 0 Å². The van der Waals surface area contributed by atoms with Gasteiger partial charge in [-0.15, -0.1) is 18.5 Å². The Hall–Kier alpha value is 0.990. The van der Waals surface area contributed by atoms with Crippen LogP contribution < -0.4 is 0 Å². The average molecular weight is 340 g/mol. The van der Waals surface area contributed by atoms with Gasteiger partial charge in [0, 0.05) is 0 Å². The summed E-state index contributed by atoms with van der Waals surface area (Å²) in [7, 11) is 11.3. The van der Waals surface area contributed by atoms with Gasteiger partial charge < -0.3 is 0 Å². The zero-order valence-corrected chi connectivity index (χ0v) is 19.6. The Bertz CT molecular complexity index is 310. The van der Waals surface area contributed by atoms with E-state index in [1.165, 1.54) is 0 Å². The Balaban J connectivity index is 5.72. The second-order valence-corrected chi connectivity index (χ2v) is 12.9. The van der Waals surface area contributed by atoms with Crippen LogP contribution in [-0.4, -0.2) is 24.5 Å². The molecule has 4 heteroatoms. The van der Waals surface area contributed by atoms with Crippen molar-refractivity contribution < 1.29 is 0 Å². The second-order valence-electron chi connectivity index (χ2n) is 11.1. The molecule has 0 nitrogen and oxygen atoms in total. The van der Waals surface area contributed by atoms with Crippen molar-refractivity contribution >= 4 is 32.8 Å². The first-order valence-electron chi connectivity index (χ1n) is 8.49. The molecule has 2 radical (unpaired) electrons. The lowest BCUT2D eigenvalue weighted by atomic mass is 9.20. The summed E-state index contributed by atoms with van der Waals surface area (Å²) >= 11 is 0. The summed E-state index contributed by atoms with van der Waals surface area (Å²) in [6, 6.07) is 0. The Morgan fingerprint density at radius 3 is 0.636 bits per heavy atom. The molecule has 0 aliphatic heterocycles. The summed E-state index contributed by atoms with van der Waals surface area (Å²) in [5, 5.41) is 0.0800. The summed E-state index contributed by atoms with van der Waals surface area (Å²) in [6.45, 7) is 28.1. The van der Waals surface area contributed by atoms with Crippen LogP contribution in [0.15, 0.2) is 0 Å². The average Bonchev–Trinajstić information content (AvgIpc) is 2.18. The highest BCUT2D eigenvalue weighted by molar-refractivity contribution is 7.34. The third-order valence-electron chi connectivity index (χ3n) is 5.57. The molecule has 0 aliphatic rings. The largest absolute Gasteiger partial charge is 0.139 e. The first kappa shape index (κ1) is 23.0. The number of hydrogen-bond donors (Lipinski definition) is 0. The highest BCUT2D eigenvalue weighted by Crippen LogP contribution is 2.53. The van der Waals surface area contributed by atoms with Gasteiger partial charge in [0.2, 0.25) is 0 Å². The van der Waals surface area contributed by atoms with Gasteiger partial charge in [-0.2, -0.15) is 0 Å². The van der Waals surface area contributed by atoms with Crippen molar-refractivity contribution in [3.63, 3.8) is 0 Å². The van der Waals surface area contributed by atoms with Gasteiger partial charge in [0.15, 0.2) is 0 Å². The van der Waals surface area contributed by atoms with Crippen LogP contribution in [0.1, 0.15) is 83.1 Å². The van der Waals surface area contributed by atoms with Crippen molar-refractivity contribution in [2.24, 2.45) is 21.7 Å². The molecule has 0 aromatic carbocycles. The fourth-order valence-corrected chi connectivity index (χ4v) is 3.71. The monoisotopic (exact) mass is 340 g/mol. The molecule has 22 heavy (non-hydrogen) atoms. The molecule has 0 aliphatic carbocycles. The molecule has 2 unspecified atom stereocenters. The standard InChI is InChI=1S/C18H40B2P2/c1-13(2,3)17(21,14(4,5)6)19-20-18(22,15(7,8)9)16(10,11)12/h21-22H2,1-12H3. The van der Waals surface area contributed by atoms with E-state index in [0.29, 0.717) is 0 Å². The molecule has 0 aromatic rings. The van der Waals surface area contributed by atoms with Gasteiger partial charge in [0.05, 0.1) is 14.3 Å². The molecule has 0 fully saturated rings. The highest BCUT2D eigenvalue weighted by Gasteiger charge is 2.52. The summed E-state index contributed by atoms with van der Waals surface area (Å²) in [5.41, 5.74) is 0.697. The fourth-order valence-electron chi connectivity index (χ4n) is 3.51. The summed E-state index contributed by atoms with van der Waals surface area (Å²) < 4.78 is 0. The van der Waals surface area contributed by atoms with Crippen molar-refractivity contribution in [3.05, 3.63) is 0 Å². The first-order valence-corrected chi connectivity index (χ1v) is 9.64. The van der Waals surface area contributed by atoms with E-state index in [1.807, 2.05) is 0 Å². The Labute approximate surface area is 148 Å². The van der Waals surface area contributed by atoms with Crippen molar-refractivity contribution in [1.29, 1.82) is 0 Å². The molecule has 0 saturated carbocycles. The van der Waals surface area contributed by atoms with Crippen LogP contribution in [0.3, 0.4) is 0 Å². The number of rotatable bonds is 3. The van der Waals surface area contributed by atoms with E-state index in [1.54, 1.807) is 0 Å². The van der Waals surface area contributed by atoms with E-state index in [2.05, 4.69) is 116 Å². The lowest BCUT2D eigenvalue weighted by molar-refractivity contribution is 0.204. The first-order chi connectivity index (χ1) is 9.21. The minimum absolute atomic E-state index is 0.0400. The van der Waals surface area contributed by atoms with Gasteiger partial charge in [0.25, 0.3) is 0 Å². The predicted molar refractivity (Wildman–Crippen MR) is 114 cm³/mol. The molecule has 0 amide bonds. The van der Waals surface area contributed by atoms with Crippen LogP contribution in [0, 0.1) is 21.7 Å². The van der Waals surface area contributed by atoms with Crippen molar-refractivity contribution in [3.8, 4) is 0 Å². The molecule has 128 valence electrons. The quantitative estimate of drug-likeness (QED) is 0.461. The summed E-state index contributed by atoms with van der Waals surface area (Å²) in [4.78, 5) is 0. The van der Waals surface area contributed by atoms with Crippen LogP contribution in [0.2, 0.25) is 0 Å². The molecular formula is C18H40B2P2. The Morgan fingerprint density at radius 1 is 0.409 bits per heavy atom. The fraction of sp³-hybridized carbons (Fsp3) is 1.00. The molecule has 0 N–H and O–H groups in total. The maximum atomic E-state index is 3.17. The van der Waals surface area contributed by atoms with Gasteiger partial charge in [-0.05, 0) is 31.8 Å². The summed E-state index contributed by atoms with van der Waals surface area (Å²) in [6.07, 6.45) is 0. The minimum Gasteiger partial charge on any atom is -0.139 e. The molecule has 0 rings (SSSR count). The third kappa shape index (κ3) is 4.33. The molecule has 2 atom stereocenters. The molecular weight excluding hydrogens is 300 g/mol. The van der Waals surface area contributed by atoms with Crippen LogP contribution in [0.4, 0.5) is 0 Å². The van der Waals surface area contributed by atoms with Crippen molar-refractivity contribution in [1.82, 2.24) is 0 Å². The zero-order valence-electron chi connectivity index (χ0n) is 17.3. The maximum Gasteiger partial charge on any atom is 0.0817 e. The van der Waals surface area contributed by atoms with Crippen molar-refractivity contribution in [2.75, 3.05) is 0 Å². The Kier molecular flexibility index (Phi) is 6.66. The molecule has 0 bridgehead atoms. The van der Waals surface area contributed by atoms with Gasteiger partial charge in [-0.1, -0.05) is 83.1 Å². The minimum atomic E-state index is 0.0400. The van der Waals surface area contributed by atoms with E-state index in [0.717, 1.165) is 0 Å². The van der Waals surface area contributed by atoms with Crippen LogP contribution in [0.5, 0.6) is 0 Å². The molecule has 0 saturated heterocycles. The van der Waals surface area contributed by atoms with E-state index in [9.17, 15) is 0 Å². The predicted octanol–water partition coefficient (Wildman–Crippen LogP) is 5.64. The van der Waals surface area contributed by atoms with Crippen LogP contribution >= 0.6 is 18.5 Å². The van der Waals surface area contributed by atoms with E-state index < -0.39 is 0 Å². The number of hydrogen-bond acceptors (Lipinski definition) is 0. The van der Waals surface area contributed by atoms with Gasteiger partial charge >= 0.3 is 0 Å². The summed E-state index contributed by atoms with van der Waals surface area (Å²) in [5.74, 6) is 0. The maximum absolute atomic E-state index is 3.17. The SMILES string of the molecule is CC(C)(C)C(P)([B][B]C(P)(C(C)(C)C)C(C)(C)C)C(C)(C)C. The second kappa shape index (κ2) is 6.37. The van der Waals surface area contributed by atoms with Crippen LogP contribution in [-0.2, 0) is 0 Å². The van der Waals surface area contributed by atoms with Crippen molar-refractivity contribution in [2.45, 2.75) is 93.2 Å². The Morgan fingerprint density at radius 2 is 0.545 bits per heavy atom. The van der Waals surface area contributed by atoms with E-state index in [-0.39, 0.29) is 31.8 Å². The molecule has 0 aromatic heterocycles. The normalized spacial score (nSPS) is 15.7. The molecule has 0 spiro atoms. The van der Waals surface area contributed by atoms with Crippen LogP contribution in [0.25, 0.3) is 0 Å². The lowest BCUT2D eigenvalue weighted by Gasteiger charge is -2.56. The topological polar surface area (TPSA) is 0 Å². The highest BCUT2D eigenvalue weighted by atomic mass is 31.0. The third-order valence-corrected chi connectivity index (χ3v) is 9.42. The lowest BCUT2D eigenvalue weighted by Crippen LogP contribution is -2.61.